The third kappa shape index (κ3) is 4.83. The lowest BCUT2D eigenvalue weighted by Gasteiger charge is -2.12. The molecule has 0 saturated carbocycles. The van der Waals surface area contributed by atoms with Gasteiger partial charge in [-0.2, -0.15) is 0 Å². The van der Waals surface area contributed by atoms with Gasteiger partial charge in [-0.05, 0) is 42.3 Å². The molecule has 3 rings (SSSR count). The Morgan fingerprint density at radius 3 is 2.58 bits per heavy atom. The molecule has 1 aromatic heterocycles. The Labute approximate surface area is 156 Å². The van der Waals surface area contributed by atoms with Crippen LogP contribution in [0.5, 0.6) is 5.75 Å². The van der Waals surface area contributed by atoms with Gasteiger partial charge in [0, 0.05) is 17.6 Å². The van der Waals surface area contributed by atoms with Crippen LogP contribution in [-0.2, 0) is 6.42 Å². The molecule has 2 N–H and O–H groups in total. The molecule has 0 radical (unpaired) electrons. The van der Waals surface area contributed by atoms with E-state index in [0.29, 0.717) is 29.0 Å². The van der Waals surface area contributed by atoms with Gasteiger partial charge in [-0.1, -0.05) is 23.7 Å². The first-order valence-corrected chi connectivity index (χ1v) is 8.43. The summed E-state index contributed by atoms with van der Waals surface area (Å²) in [7, 11) is 1.59. The molecule has 0 spiro atoms. The minimum atomic E-state index is -0.232. The summed E-state index contributed by atoms with van der Waals surface area (Å²) in [5.41, 5.74) is 1.77. The van der Waals surface area contributed by atoms with Crippen molar-refractivity contribution >= 4 is 28.9 Å². The van der Waals surface area contributed by atoms with Crippen LogP contribution in [0.3, 0.4) is 0 Å². The van der Waals surface area contributed by atoms with Crippen LogP contribution in [0.25, 0.3) is 0 Å². The van der Waals surface area contributed by atoms with E-state index < -0.39 is 0 Å². The van der Waals surface area contributed by atoms with E-state index in [1.807, 2.05) is 0 Å². The van der Waals surface area contributed by atoms with Gasteiger partial charge in [-0.25, -0.2) is 14.4 Å². The monoisotopic (exact) mass is 372 g/mol. The van der Waals surface area contributed by atoms with E-state index in [9.17, 15) is 4.39 Å². The van der Waals surface area contributed by atoms with E-state index in [-0.39, 0.29) is 5.82 Å². The van der Waals surface area contributed by atoms with Gasteiger partial charge in [0.15, 0.2) is 0 Å². The highest BCUT2D eigenvalue weighted by molar-refractivity contribution is 6.31. The number of methoxy groups -OCH3 is 1. The van der Waals surface area contributed by atoms with Crippen LogP contribution >= 0.6 is 11.6 Å². The molecule has 0 aliphatic carbocycles. The Morgan fingerprint density at radius 1 is 1.04 bits per heavy atom. The fraction of sp³-hybridized carbons (Fsp3) is 0.158. The van der Waals surface area contributed by atoms with Crippen LogP contribution in [0.1, 0.15) is 5.56 Å². The highest BCUT2D eigenvalue weighted by Gasteiger charge is 2.06. The number of hydrogen-bond donors (Lipinski definition) is 2. The maximum absolute atomic E-state index is 12.9. The van der Waals surface area contributed by atoms with Gasteiger partial charge < -0.3 is 15.4 Å². The predicted octanol–water partition coefficient (Wildman–Crippen LogP) is 4.68. The van der Waals surface area contributed by atoms with Crippen LogP contribution in [-0.4, -0.2) is 23.6 Å². The van der Waals surface area contributed by atoms with E-state index in [4.69, 9.17) is 16.3 Å². The maximum Gasteiger partial charge on any atom is 0.142 e. The summed E-state index contributed by atoms with van der Waals surface area (Å²) >= 11 is 6.04. The molecule has 3 aromatic rings. The van der Waals surface area contributed by atoms with E-state index in [2.05, 4.69) is 20.6 Å². The van der Waals surface area contributed by atoms with Crippen LogP contribution < -0.4 is 15.4 Å². The maximum atomic E-state index is 12.9. The largest absolute Gasteiger partial charge is 0.495 e. The highest BCUT2D eigenvalue weighted by atomic mass is 35.5. The van der Waals surface area contributed by atoms with Crippen molar-refractivity contribution in [2.24, 2.45) is 0 Å². The SMILES string of the molecule is COc1ccc(Cl)cc1Nc1cc(NCCc2ccc(F)cc2)ncn1. The van der Waals surface area contributed by atoms with Crippen molar-refractivity contribution in [3.63, 3.8) is 0 Å². The van der Waals surface area contributed by atoms with Gasteiger partial charge in [0.2, 0.25) is 0 Å². The zero-order chi connectivity index (χ0) is 18.4. The van der Waals surface area contributed by atoms with Crippen molar-refractivity contribution in [1.29, 1.82) is 0 Å². The van der Waals surface area contributed by atoms with Crippen molar-refractivity contribution < 1.29 is 9.13 Å². The molecule has 0 aliphatic rings. The number of anilines is 3. The zero-order valence-corrected chi connectivity index (χ0v) is 14.9. The number of nitrogens with one attached hydrogen (secondary N) is 2. The molecule has 0 atom stereocenters. The van der Waals surface area contributed by atoms with Crippen LogP contribution in [0.4, 0.5) is 21.7 Å². The Morgan fingerprint density at radius 2 is 1.81 bits per heavy atom. The van der Waals surface area contributed by atoms with Crippen LogP contribution in [0.2, 0.25) is 5.02 Å². The van der Waals surface area contributed by atoms with Gasteiger partial charge in [0.25, 0.3) is 0 Å². The molecule has 7 heteroatoms. The predicted molar refractivity (Wildman–Crippen MR) is 102 cm³/mol. The molecular formula is C19H18ClFN4O. The number of hydrogen-bond acceptors (Lipinski definition) is 5. The lowest BCUT2D eigenvalue weighted by molar-refractivity contribution is 0.417. The van der Waals surface area contributed by atoms with E-state index in [0.717, 1.165) is 17.7 Å². The second-order valence-corrected chi connectivity index (χ2v) is 6.00. The molecule has 5 nitrogen and oxygen atoms in total. The van der Waals surface area contributed by atoms with E-state index in [1.165, 1.54) is 18.5 Å². The molecular weight excluding hydrogens is 355 g/mol. The fourth-order valence-corrected chi connectivity index (χ4v) is 2.60. The number of rotatable bonds is 7. The molecule has 1 heterocycles. The lowest BCUT2D eigenvalue weighted by atomic mass is 10.1. The van der Waals surface area contributed by atoms with E-state index in [1.54, 1.807) is 43.5 Å². The minimum Gasteiger partial charge on any atom is -0.495 e. The van der Waals surface area contributed by atoms with Gasteiger partial charge >= 0.3 is 0 Å². The molecule has 0 fully saturated rings. The summed E-state index contributed by atoms with van der Waals surface area (Å²) in [5, 5.41) is 7.01. The number of ether oxygens (including phenoxy) is 1. The average molecular weight is 373 g/mol. The normalized spacial score (nSPS) is 10.4. The molecule has 0 aliphatic heterocycles. The smallest absolute Gasteiger partial charge is 0.142 e. The molecule has 2 aromatic carbocycles. The fourth-order valence-electron chi connectivity index (χ4n) is 2.42. The Bertz CT molecular complexity index is 874. The first-order valence-electron chi connectivity index (χ1n) is 8.05. The second kappa shape index (κ2) is 8.49. The molecule has 0 saturated heterocycles. The Balaban J connectivity index is 1.63. The van der Waals surface area contributed by atoms with Gasteiger partial charge in [0.05, 0.1) is 12.8 Å². The third-order valence-corrected chi connectivity index (χ3v) is 3.96. The van der Waals surface area contributed by atoms with Gasteiger partial charge in [0.1, 0.15) is 29.5 Å². The molecule has 0 bridgehead atoms. The van der Waals surface area contributed by atoms with Crippen molar-refractivity contribution in [2.45, 2.75) is 6.42 Å². The Hall–Kier alpha value is -2.86. The summed E-state index contributed by atoms with van der Waals surface area (Å²) in [6, 6.07) is 13.6. The number of nitrogens with zero attached hydrogens (tertiary/aromatic N) is 2. The first kappa shape index (κ1) is 17.9. The van der Waals surface area contributed by atoms with Crippen molar-refractivity contribution in [2.75, 3.05) is 24.3 Å². The molecule has 0 amide bonds. The average Bonchev–Trinajstić information content (AvgIpc) is 2.64. The van der Waals surface area contributed by atoms with Crippen molar-refractivity contribution in [3.8, 4) is 5.75 Å². The standard InChI is InChI=1S/C19H18ClFN4O/c1-26-17-7-4-14(20)10-16(17)25-19-11-18(23-12-24-19)22-9-8-13-2-5-15(21)6-3-13/h2-7,10-12H,8-9H2,1H3,(H2,22,23,24,25). The van der Waals surface area contributed by atoms with Crippen LogP contribution in [0, 0.1) is 5.82 Å². The second-order valence-electron chi connectivity index (χ2n) is 5.56. The summed E-state index contributed by atoms with van der Waals surface area (Å²) in [6.45, 7) is 0.669. The summed E-state index contributed by atoms with van der Waals surface area (Å²) in [5.74, 6) is 1.74. The quantitative estimate of drug-likeness (QED) is 0.630. The Kier molecular flexibility index (Phi) is 5.86. The van der Waals surface area contributed by atoms with Crippen molar-refractivity contribution in [1.82, 2.24) is 9.97 Å². The summed E-state index contributed by atoms with van der Waals surface area (Å²) < 4.78 is 18.2. The molecule has 26 heavy (non-hydrogen) atoms. The first-order chi connectivity index (χ1) is 12.6. The van der Waals surface area contributed by atoms with Crippen molar-refractivity contribution in [3.05, 3.63) is 71.3 Å². The summed E-state index contributed by atoms with van der Waals surface area (Å²) in [4.78, 5) is 8.42. The lowest BCUT2D eigenvalue weighted by Crippen LogP contribution is -2.07. The zero-order valence-electron chi connectivity index (χ0n) is 14.2. The number of aromatic nitrogens is 2. The number of halogens is 2. The van der Waals surface area contributed by atoms with Crippen LogP contribution in [0.15, 0.2) is 54.9 Å². The topological polar surface area (TPSA) is 59.1 Å². The van der Waals surface area contributed by atoms with E-state index >= 15 is 0 Å². The minimum absolute atomic E-state index is 0.232. The number of benzene rings is 2. The highest BCUT2D eigenvalue weighted by Crippen LogP contribution is 2.30. The third-order valence-electron chi connectivity index (χ3n) is 3.72. The van der Waals surface area contributed by atoms with Gasteiger partial charge in [-0.3, -0.25) is 0 Å². The molecule has 0 unspecified atom stereocenters. The summed E-state index contributed by atoms with van der Waals surface area (Å²) in [6.07, 6.45) is 2.23. The molecule has 134 valence electrons. The van der Waals surface area contributed by atoms with Gasteiger partial charge in [-0.15, -0.1) is 0 Å².